The van der Waals surface area contributed by atoms with Gasteiger partial charge in [0.15, 0.2) is 17.3 Å². The van der Waals surface area contributed by atoms with Crippen LogP contribution in [0.2, 0.25) is 0 Å². The lowest BCUT2D eigenvalue weighted by Crippen LogP contribution is -2.37. The normalized spacial score (nSPS) is 14.9. The van der Waals surface area contributed by atoms with Crippen molar-refractivity contribution in [2.75, 3.05) is 39.5 Å². The van der Waals surface area contributed by atoms with Gasteiger partial charge in [0.1, 0.15) is 11.5 Å². The van der Waals surface area contributed by atoms with Crippen molar-refractivity contribution < 1.29 is 29.6 Å². The van der Waals surface area contributed by atoms with E-state index in [0.717, 1.165) is 39.3 Å². The molecule has 1 fully saturated rings. The van der Waals surface area contributed by atoms with Gasteiger partial charge >= 0.3 is 0 Å². The van der Waals surface area contributed by atoms with Crippen LogP contribution in [-0.2, 0) is 4.74 Å². The fourth-order valence-corrected chi connectivity index (χ4v) is 3.01. The minimum atomic E-state index is -0.395. The fourth-order valence-electron chi connectivity index (χ4n) is 3.01. The molecule has 0 atom stereocenters. The lowest BCUT2D eigenvalue weighted by atomic mass is 10.1. The minimum Gasteiger partial charge on any atom is -0.507 e. The Morgan fingerprint density at radius 1 is 1.03 bits per heavy atom. The Labute approximate surface area is 169 Å². The van der Waals surface area contributed by atoms with E-state index in [1.165, 1.54) is 36.4 Å². The molecule has 1 aliphatic heterocycles. The third kappa shape index (κ3) is 5.97. The van der Waals surface area contributed by atoms with Gasteiger partial charge in [0.05, 0.1) is 25.4 Å². The third-order valence-electron chi connectivity index (χ3n) is 4.65. The van der Waals surface area contributed by atoms with Crippen molar-refractivity contribution in [2.24, 2.45) is 0 Å². The molecule has 7 nitrogen and oxygen atoms in total. The molecule has 0 saturated carbocycles. The van der Waals surface area contributed by atoms with Gasteiger partial charge < -0.3 is 24.8 Å². The Morgan fingerprint density at radius 2 is 1.79 bits per heavy atom. The molecule has 3 rings (SSSR count). The Kier molecular flexibility index (Phi) is 7.10. The Morgan fingerprint density at radius 3 is 2.55 bits per heavy atom. The number of hydrogen-bond donors (Lipinski definition) is 3. The molecule has 1 aliphatic rings. The molecule has 0 aromatic heterocycles. The van der Waals surface area contributed by atoms with Crippen molar-refractivity contribution in [3.63, 3.8) is 0 Å². The number of ketones is 1. The first-order valence-electron chi connectivity index (χ1n) is 9.53. The summed E-state index contributed by atoms with van der Waals surface area (Å²) in [4.78, 5) is 14.8. The summed E-state index contributed by atoms with van der Waals surface area (Å²) in [7, 11) is 0. The van der Waals surface area contributed by atoms with Crippen LogP contribution in [0.15, 0.2) is 42.5 Å². The summed E-state index contributed by atoms with van der Waals surface area (Å²) in [5, 5.41) is 28.9. The van der Waals surface area contributed by atoms with Crippen molar-refractivity contribution in [3.8, 4) is 23.0 Å². The van der Waals surface area contributed by atoms with E-state index in [9.17, 15) is 20.1 Å². The molecule has 1 heterocycles. The predicted octanol–water partition coefficient (Wildman–Crippen LogP) is 2.80. The number of nitrogens with zero attached hydrogens (tertiary/aromatic N) is 1. The second-order valence-electron chi connectivity index (χ2n) is 6.78. The first-order chi connectivity index (χ1) is 14.0. The van der Waals surface area contributed by atoms with Crippen molar-refractivity contribution in [1.82, 2.24) is 4.90 Å². The molecular weight excluding hydrogens is 374 g/mol. The monoisotopic (exact) mass is 399 g/mol. The Balaban J connectivity index is 1.56. The van der Waals surface area contributed by atoms with Crippen molar-refractivity contribution >= 4 is 11.9 Å². The zero-order valence-corrected chi connectivity index (χ0v) is 16.1. The quantitative estimate of drug-likeness (QED) is 0.272. The van der Waals surface area contributed by atoms with Gasteiger partial charge in [-0.25, -0.2) is 0 Å². The molecule has 3 N–H and O–H groups in total. The zero-order chi connectivity index (χ0) is 20.6. The maximum atomic E-state index is 12.4. The smallest absolute Gasteiger partial charge is 0.189 e. The molecule has 29 heavy (non-hydrogen) atoms. The highest BCUT2D eigenvalue weighted by molar-refractivity contribution is 6.08. The maximum absolute atomic E-state index is 12.4. The van der Waals surface area contributed by atoms with E-state index in [4.69, 9.17) is 9.47 Å². The Hall–Kier alpha value is -3.03. The van der Waals surface area contributed by atoms with Crippen molar-refractivity contribution in [2.45, 2.75) is 6.42 Å². The number of carbonyl (C=O) groups excluding carboxylic acids is 1. The second kappa shape index (κ2) is 9.95. The number of allylic oxidation sites excluding steroid dienone is 1. The Bertz CT molecular complexity index is 874. The molecule has 0 spiro atoms. The van der Waals surface area contributed by atoms with Gasteiger partial charge in [0, 0.05) is 19.6 Å². The predicted molar refractivity (Wildman–Crippen MR) is 109 cm³/mol. The number of phenolic OH excluding ortho intramolecular Hbond substituents is 3. The van der Waals surface area contributed by atoms with Crippen LogP contribution < -0.4 is 4.74 Å². The number of benzene rings is 2. The molecule has 2 aromatic carbocycles. The van der Waals surface area contributed by atoms with E-state index in [-0.39, 0.29) is 22.8 Å². The van der Waals surface area contributed by atoms with Crippen LogP contribution in [0.4, 0.5) is 0 Å². The average molecular weight is 399 g/mol. The molecule has 2 aromatic rings. The molecule has 0 bridgehead atoms. The van der Waals surface area contributed by atoms with Gasteiger partial charge in [0.25, 0.3) is 0 Å². The van der Waals surface area contributed by atoms with Gasteiger partial charge in [-0.2, -0.15) is 0 Å². The number of carbonyl (C=O) groups is 1. The molecule has 0 aliphatic carbocycles. The summed E-state index contributed by atoms with van der Waals surface area (Å²) < 4.78 is 11.1. The summed E-state index contributed by atoms with van der Waals surface area (Å²) in [6, 6.07) is 8.82. The van der Waals surface area contributed by atoms with Crippen LogP contribution >= 0.6 is 0 Å². The van der Waals surface area contributed by atoms with Crippen LogP contribution in [0.5, 0.6) is 23.0 Å². The zero-order valence-electron chi connectivity index (χ0n) is 16.1. The van der Waals surface area contributed by atoms with Gasteiger partial charge in [-0.15, -0.1) is 0 Å². The summed E-state index contributed by atoms with van der Waals surface area (Å²) in [6.45, 7) is 4.84. The van der Waals surface area contributed by atoms with Crippen LogP contribution in [0, 0.1) is 0 Å². The average Bonchev–Trinajstić information content (AvgIpc) is 2.73. The number of morpholine rings is 1. The van der Waals surface area contributed by atoms with Crippen LogP contribution in [0.3, 0.4) is 0 Å². The lowest BCUT2D eigenvalue weighted by molar-refractivity contribution is 0.0358. The van der Waals surface area contributed by atoms with Gasteiger partial charge in [0.2, 0.25) is 0 Å². The first-order valence-corrected chi connectivity index (χ1v) is 9.53. The number of ether oxygens (including phenoxy) is 2. The maximum Gasteiger partial charge on any atom is 0.189 e. The van der Waals surface area contributed by atoms with Gasteiger partial charge in [-0.3, -0.25) is 9.69 Å². The molecule has 1 saturated heterocycles. The minimum absolute atomic E-state index is 0.131. The van der Waals surface area contributed by atoms with E-state index in [2.05, 4.69) is 4.90 Å². The van der Waals surface area contributed by atoms with E-state index in [1.807, 2.05) is 0 Å². The highest BCUT2D eigenvalue weighted by atomic mass is 16.5. The SMILES string of the molecule is O=C(/C=C/c1ccc(O)c(O)c1)c1cc(OCCCN2CCOCC2)ccc1O. The van der Waals surface area contributed by atoms with Gasteiger partial charge in [-0.05, 0) is 48.4 Å². The number of rotatable bonds is 8. The standard InChI is InChI=1S/C22H25NO6/c24-19(5-2-16-3-6-21(26)22(27)14-16)18-15-17(4-7-20(18)25)29-11-1-8-23-9-12-28-13-10-23/h2-7,14-15,25-27H,1,8-13H2/b5-2+. The summed E-state index contributed by atoms with van der Waals surface area (Å²) in [5.74, 6) is -0.508. The van der Waals surface area contributed by atoms with E-state index >= 15 is 0 Å². The van der Waals surface area contributed by atoms with Crippen molar-refractivity contribution in [3.05, 3.63) is 53.6 Å². The molecule has 0 amide bonds. The second-order valence-corrected chi connectivity index (χ2v) is 6.78. The first kappa shape index (κ1) is 20.7. The van der Waals surface area contributed by atoms with Crippen LogP contribution in [0.25, 0.3) is 6.08 Å². The largest absolute Gasteiger partial charge is 0.507 e. The molecular formula is C22H25NO6. The third-order valence-corrected chi connectivity index (χ3v) is 4.65. The molecule has 7 heteroatoms. The van der Waals surface area contributed by atoms with E-state index < -0.39 is 5.78 Å². The van der Waals surface area contributed by atoms with Crippen molar-refractivity contribution in [1.29, 1.82) is 0 Å². The lowest BCUT2D eigenvalue weighted by Gasteiger charge is -2.26. The van der Waals surface area contributed by atoms with Crippen LogP contribution in [-0.4, -0.2) is 65.5 Å². The van der Waals surface area contributed by atoms with E-state index in [1.54, 1.807) is 12.1 Å². The highest BCUT2D eigenvalue weighted by Crippen LogP contribution is 2.27. The summed E-state index contributed by atoms with van der Waals surface area (Å²) in [5.41, 5.74) is 0.679. The van der Waals surface area contributed by atoms with Gasteiger partial charge in [-0.1, -0.05) is 12.1 Å². The van der Waals surface area contributed by atoms with Crippen LogP contribution in [0.1, 0.15) is 22.3 Å². The topological polar surface area (TPSA) is 99.5 Å². The summed E-state index contributed by atoms with van der Waals surface area (Å²) in [6.07, 6.45) is 3.65. The fraction of sp³-hybridized carbons (Fsp3) is 0.318. The van der Waals surface area contributed by atoms with E-state index in [0.29, 0.717) is 17.9 Å². The number of aromatic hydroxyl groups is 3. The number of hydrogen-bond acceptors (Lipinski definition) is 7. The molecule has 0 radical (unpaired) electrons. The molecule has 0 unspecified atom stereocenters. The highest BCUT2D eigenvalue weighted by Gasteiger charge is 2.12. The summed E-state index contributed by atoms with van der Waals surface area (Å²) >= 11 is 0. The molecule has 154 valence electrons. The number of phenols is 3.